The lowest BCUT2D eigenvalue weighted by atomic mass is 9.94. The molecule has 30 heavy (non-hydrogen) atoms. The van der Waals surface area contributed by atoms with E-state index in [1.54, 1.807) is 4.90 Å². The largest absolute Gasteiger partial charge is 0.376 e. The summed E-state index contributed by atoms with van der Waals surface area (Å²) in [5, 5.41) is 3.14. The van der Waals surface area contributed by atoms with E-state index in [2.05, 4.69) is 10.2 Å². The average molecular weight is 418 g/mol. The van der Waals surface area contributed by atoms with Gasteiger partial charge in [-0.2, -0.15) is 0 Å². The van der Waals surface area contributed by atoms with Crippen molar-refractivity contribution in [3.63, 3.8) is 0 Å². The monoisotopic (exact) mass is 417 g/mol. The molecule has 164 valence electrons. The topological polar surface area (TPSA) is 61.9 Å². The number of rotatable bonds is 6. The first kappa shape index (κ1) is 21.2. The molecule has 0 unspecified atom stereocenters. The van der Waals surface area contributed by atoms with Crippen molar-refractivity contribution in [2.75, 3.05) is 39.3 Å². The Morgan fingerprint density at radius 2 is 1.73 bits per heavy atom. The van der Waals surface area contributed by atoms with Crippen LogP contribution in [-0.4, -0.2) is 73.1 Å². The van der Waals surface area contributed by atoms with Gasteiger partial charge in [0, 0.05) is 44.9 Å². The van der Waals surface area contributed by atoms with Crippen LogP contribution in [0.15, 0.2) is 24.3 Å². The van der Waals surface area contributed by atoms with Gasteiger partial charge >= 0.3 is 0 Å². The lowest BCUT2D eigenvalue weighted by molar-refractivity contribution is -0.129. The Morgan fingerprint density at radius 1 is 1.03 bits per heavy atom. The number of halogens is 1. The van der Waals surface area contributed by atoms with Crippen molar-refractivity contribution in [3.05, 3.63) is 35.6 Å². The molecule has 7 heteroatoms. The van der Waals surface area contributed by atoms with E-state index in [0.717, 1.165) is 32.3 Å². The summed E-state index contributed by atoms with van der Waals surface area (Å²) in [5.74, 6) is 0.0734. The maximum absolute atomic E-state index is 13.1. The number of hydrogen-bond acceptors (Lipinski definition) is 4. The quantitative estimate of drug-likeness (QED) is 0.772. The Balaban J connectivity index is 1.35. The number of ether oxygens (including phenoxy) is 1. The number of nitrogens with one attached hydrogen (secondary N) is 1. The van der Waals surface area contributed by atoms with E-state index in [1.165, 1.54) is 37.1 Å². The highest BCUT2D eigenvalue weighted by Gasteiger charge is 2.37. The van der Waals surface area contributed by atoms with E-state index in [4.69, 9.17) is 4.74 Å². The maximum Gasteiger partial charge on any atom is 0.253 e. The van der Waals surface area contributed by atoms with Crippen LogP contribution >= 0.6 is 0 Å². The standard InChI is InChI=1S/C23H32FN3O3/c24-19-9-7-18(8-10-19)23(29)27-13-11-26(12-14-27)21(17-4-1-2-5-17)22(28)25-16-20-6-3-15-30-20/h7-10,17,20-21H,1-6,11-16H2,(H,25,28)/t20-,21-/m0/s1. The molecule has 1 N–H and O–H groups in total. The molecular formula is C23H32FN3O3. The third-order valence-corrected chi connectivity index (χ3v) is 6.73. The fourth-order valence-corrected chi connectivity index (χ4v) is 5.05. The van der Waals surface area contributed by atoms with Crippen LogP contribution in [0, 0.1) is 11.7 Å². The second-order valence-electron chi connectivity index (χ2n) is 8.70. The molecule has 3 aliphatic rings. The summed E-state index contributed by atoms with van der Waals surface area (Å²) in [6.07, 6.45) is 6.77. The molecule has 4 rings (SSSR count). The smallest absolute Gasteiger partial charge is 0.253 e. The molecule has 6 nitrogen and oxygen atoms in total. The number of carbonyl (C=O) groups is 2. The Labute approximate surface area is 177 Å². The third-order valence-electron chi connectivity index (χ3n) is 6.73. The molecule has 1 aromatic rings. The first-order valence-corrected chi connectivity index (χ1v) is 11.3. The molecule has 2 heterocycles. The van der Waals surface area contributed by atoms with Crippen molar-refractivity contribution in [1.29, 1.82) is 0 Å². The summed E-state index contributed by atoms with van der Waals surface area (Å²) in [7, 11) is 0. The van der Waals surface area contributed by atoms with Crippen LogP contribution in [0.3, 0.4) is 0 Å². The number of amides is 2. The summed E-state index contributed by atoms with van der Waals surface area (Å²) >= 11 is 0. The molecule has 1 aromatic carbocycles. The van der Waals surface area contributed by atoms with Crippen molar-refractivity contribution in [3.8, 4) is 0 Å². The van der Waals surface area contributed by atoms with E-state index in [1.807, 2.05) is 0 Å². The molecule has 2 amide bonds. The van der Waals surface area contributed by atoms with Crippen LogP contribution in [0.25, 0.3) is 0 Å². The normalized spacial score (nSPS) is 24.2. The molecule has 2 aliphatic heterocycles. The van der Waals surface area contributed by atoms with E-state index in [-0.39, 0.29) is 29.8 Å². The summed E-state index contributed by atoms with van der Waals surface area (Å²) in [6.45, 7) is 3.90. The number of hydrogen-bond donors (Lipinski definition) is 1. The number of carbonyl (C=O) groups excluding carboxylic acids is 2. The van der Waals surface area contributed by atoms with E-state index in [9.17, 15) is 14.0 Å². The van der Waals surface area contributed by atoms with Gasteiger partial charge in [0.2, 0.25) is 5.91 Å². The number of nitrogens with zero attached hydrogens (tertiary/aromatic N) is 2. The molecule has 1 aliphatic carbocycles. The minimum Gasteiger partial charge on any atom is -0.376 e. The highest BCUT2D eigenvalue weighted by atomic mass is 19.1. The third kappa shape index (κ3) is 5.01. The zero-order valence-corrected chi connectivity index (χ0v) is 17.5. The van der Waals surface area contributed by atoms with Gasteiger partial charge in [-0.1, -0.05) is 12.8 Å². The van der Waals surface area contributed by atoms with Gasteiger partial charge in [0.25, 0.3) is 5.91 Å². The molecule has 2 atom stereocenters. The van der Waals surface area contributed by atoms with E-state index < -0.39 is 0 Å². The van der Waals surface area contributed by atoms with Crippen LogP contribution in [0.1, 0.15) is 48.9 Å². The summed E-state index contributed by atoms with van der Waals surface area (Å²) in [4.78, 5) is 29.9. The first-order valence-electron chi connectivity index (χ1n) is 11.3. The Hall–Kier alpha value is -1.99. The fourth-order valence-electron chi connectivity index (χ4n) is 5.05. The zero-order chi connectivity index (χ0) is 20.9. The van der Waals surface area contributed by atoms with Crippen molar-refractivity contribution in [2.45, 2.75) is 50.7 Å². The Bertz CT molecular complexity index is 722. The Morgan fingerprint density at radius 3 is 2.37 bits per heavy atom. The van der Waals surface area contributed by atoms with Crippen LogP contribution in [0.5, 0.6) is 0 Å². The van der Waals surface area contributed by atoms with Crippen LogP contribution < -0.4 is 5.32 Å². The second kappa shape index (κ2) is 9.88. The molecule has 0 radical (unpaired) electrons. The predicted octanol–water partition coefficient (Wildman–Crippen LogP) is 2.44. The minimum absolute atomic E-state index is 0.0742. The van der Waals surface area contributed by atoms with Gasteiger partial charge in [-0.15, -0.1) is 0 Å². The van der Waals surface area contributed by atoms with Gasteiger partial charge < -0.3 is 15.0 Å². The van der Waals surface area contributed by atoms with Crippen molar-refractivity contribution < 1.29 is 18.7 Å². The molecule has 2 saturated heterocycles. The minimum atomic E-state index is -0.343. The summed E-state index contributed by atoms with van der Waals surface area (Å²) in [6, 6.07) is 5.57. The molecule has 0 aromatic heterocycles. The molecule has 0 spiro atoms. The van der Waals surface area contributed by atoms with Gasteiger partial charge in [0.05, 0.1) is 12.1 Å². The average Bonchev–Trinajstić information content (AvgIpc) is 3.48. The van der Waals surface area contributed by atoms with E-state index >= 15 is 0 Å². The fraction of sp³-hybridized carbons (Fsp3) is 0.652. The Kier molecular flexibility index (Phi) is 7.00. The van der Waals surface area contributed by atoms with Gasteiger partial charge in [0.15, 0.2) is 0 Å². The van der Waals surface area contributed by atoms with Crippen molar-refractivity contribution in [1.82, 2.24) is 15.1 Å². The maximum atomic E-state index is 13.1. The molecular weight excluding hydrogens is 385 g/mol. The van der Waals surface area contributed by atoms with Crippen LogP contribution in [-0.2, 0) is 9.53 Å². The number of benzene rings is 1. The van der Waals surface area contributed by atoms with Gasteiger partial charge in [-0.3, -0.25) is 14.5 Å². The summed E-state index contributed by atoms with van der Waals surface area (Å²) in [5.41, 5.74) is 0.506. The van der Waals surface area contributed by atoms with Gasteiger partial charge in [-0.05, 0) is 55.9 Å². The second-order valence-corrected chi connectivity index (χ2v) is 8.70. The molecule has 0 bridgehead atoms. The van der Waals surface area contributed by atoms with Crippen LogP contribution in [0.2, 0.25) is 0 Å². The lowest BCUT2D eigenvalue weighted by Crippen LogP contribution is -2.58. The lowest BCUT2D eigenvalue weighted by Gasteiger charge is -2.41. The van der Waals surface area contributed by atoms with Crippen LogP contribution in [0.4, 0.5) is 4.39 Å². The zero-order valence-electron chi connectivity index (χ0n) is 17.5. The highest BCUT2D eigenvalue weighted by molar-refractivity contribution is 5.94. The summed E-state index contributed by atoms with van der Waals surface area (Å²) < 4.78 is 18.8. The predicted molar refractivity (Wildman–Crippen MR) is 112 cm³/mol. The highest BCUT2D eigenvalue weighted by Crippen LogP contribution is 2.31. The number of piperazine rings is 1. The van der Waals surface area contributed by atoms with Gasteiger partial charge in [0.1, 0.15) is 5.82 Å². The van der Waals surface area contributed by atoms with Gasteiger partial charge in [-0.25, -0.2) is 4.39 Å². The SMILES string of the molecule is O=C(NC[C@@H]1CCCO1)[C@H](C1CCCC1)N1CCN(C(=O)c2ccc(F)cc2)CC1. The molecule has 3 fully saturated rings. The van der Waals surface area contributed by atoms with E-state index in [0.29, 0.717) is 44.2 Å². The molecule has 1 saturated carbocycles. The first-order chi connectivity index (χ1) is 14.6. The van der Waals surface area contributed by atoms with Crippen molar-refractivity contribution in [2.24, 2.45) is 5.92 Å². The van der Waals surface area contributed by atoms with Crippen molar-refractivity contribution >= 4 is 11.8 Å².